The molecule has 1 rings (SSSR count). The lowest BCUT2D eigenvalue weighted by Crippen LogP contribution is -2.08. The quantitative estimate of drug-likeness (QED) is 0.833. The molecule has 1 aromatic rings. The lowest BCUT2D eigenvalue weighted by atomic mass is 10.3. The van der Waals surface area contributed by atoms with E-state index in [1.165, 1.54) is 13.1 Å². The molecule has 0 saturated heterocycles. The van der Waals surface area contributed by atoms with E-state index in [0.29, 0.717) is 0 Å². The lowest BCUT2D eigenvalue weighted by molar-refractivity contribution is 0.0701. The Morgan fingerprint density at radius 3 is 2.79 bits per heavy atom. The van der Waals surface area contributed by atoms with Crippen molar-refractivity contribution in [3.8, 4) is 0 Å². The van der Waals surface area contributed by atoms with Gasteiger partial charge in [0.2, 0.25) is 0 Å². The maximum Gasteiger partial charge on any atom is 0.347 e. The molecule has 0 aliphatic rings. The maximum absolute atomic E-state index is 11.2. The molecule has 0 saturated carbocycles. The van der Waals surface area contributed by atoms with E-state index in [-0.39, 0.29) is 21.9 Å². The number of aromatic carboxylic acids is 1. The Morgan fingerprint density at radius 2 is 2.29 bits per heavy atom. The molecule has 0 aromatic carbocycles. The molecule has 0 unspecified atom stereocenters. The topological polar surface area (TPSA) is 84.3 Å². The fourth-order valence-corrected chi connectivity index (χ4v) is 2.47. The monoisotopic (exact) mass is 235 g/mol. The molecule has 0 bridgehead atoms. The fourth-order valence-electron chi connectivity index (χ4n) is 0.878. The minimum Gasteiger partial charge on any atom is -0.477 e. The zero-order chi connectivity index (χ0) is 10.8. The van der Waals surface area contributed by atoms with Gasteiger partial charge in [-0.25, -0.2) is 13.2 Å². The average Bonchev–Trinajstić information content (AvgIpc) is 2.51. The van der Waals surface area contributed by atoms with Crippen molar-refractivity contribution in [2.24, 2.45) is 0 Å². The Labute approximate surface area is 85.5 Å². The van der Waals surface area contributed by atoms with E-state index in [4.69, 9.17) is 5.11 Å². The molecule has 5 nitrogen and oxygen atoms in total. The Bertz CT molecular complexity index is 434. The van der Waals surface area contributed by atoms with Crippen molar-refractivity contribution >= 4 is 27.3 Å². The summed E-state index contributed by atoms with van der Waals surface area (Å²) in [6, 6.07) is 0. The van der Waals surface area contributed by atoms with Crippen molar-refractivity contribution in [3.05, 3.63) is 16.6 Å². The second kappa shape index (κ2) is 4.05. The van der Waals surface area contributed by atoms with Crippen molar-refractivity contribution in [2.75, 3.05) is 5.75 Å². The molecule has 0 amide bonds. The molecule has 0 spiro atoms. The zero-order valence-corrected chi connectivity index (χ0v) is 9.06. The minimum absolute atomic E-state index is 0.00188. The first-order valence-corrected chi connectivity index (χ1v) is 6.43. The normalized spacial score (nSPS) is 11.5. The van der Waals surface area contributed by atoms with Gasteiger partial charge < -0.3 is 5.11 Å². The standard InChI is InChI=1S/C7H9NO4S2/c1-2-14(11,12)4-5-3-8-13-6(5)7(9)10/h3H,2,4H2,1H3,(H,9,10). The van der Waals surface area contributed by atoms with Crippen LogP contribution in [0, 0.1) is 0 Å². The highest BCUT2D eigenvalue weighted by Crippen LogP contribution is 2.16. The van der Waals surface area contributed by atoms with E-state index < -0.39 is 15.8 Å². The average molecular weight is 235 g/mol. The summed E-state index contributed by atoms with van der Waals surface area (Å²) in [4.78, 5) is 10.6. The third-order valence-electron chi connectivity index (χ3n) is 1.65. The fraction of sp³-hybridized carbons (Fsp3) is 0.429. The summed E-state index contributed by atoms with van der Waals surface area (Å²) < 4.78 is 26.1. The van der Waals surface area contributed by atoms with Crippen molar-refractivity contribution in [2.45, 2.75) is 12.7 Å². The molecule has 78 valence electrons. The molecule has 0 aliphatic heterocycles. The van der Waals surface area contributed by atoms with Crippen LogP contribution in [0.4, 0.5) is 0 Å². The first kappa shape index (κ1) is 11.1. The van der Waals surface area contributed by atoms with Gasteiger partial charge in [0.25, 0.3) is 0 Å². The molecule has 1 aromatic heterocycles. The van der Waals surface area contributed by atoms with Gasteiger partial charge in [0.1, 0.15) is 4.88 Å². The van der Waals surface area contributed by atoms with E-state index >= 15 is 0 Å². The maximum atomic E-state index is 11.2. The van der Waals surface area contributed by atoms with Gasteiger partial charge in [0, 0.05) is 17.5 Å². The largest absolute Gasteiger partial charge is 0.477 e. The Hall–Kier alpha value is -0.950. The molecule has 7 heteroatoms. The van der Waals surface area contributed by atoms with Gasteiger partial charge in [-0.1, -0.05) is 6.92 Å². The number of carboxylic acid groups (broad SMARTS) is 1. The Balaban J connectivity index is 2.98. The Kier molecular flexibility index (Phi) is 3.22. The minimum atomic E-state index is -3.20. The predicted molar refractivity (Wildman–Crippen MR) is 52.2 cm³/mol. The van der Waals surface area contributed by atoms with Crippen LogP contribution in [0.1, 0.15) is 22.2 Å². The summed E-state index contributed by atoms with van der Waals surface area (Å²) in [6.45, 7) is 1.52. The smallest absolute Gasteiger partial charge is 0.347 e. The van der Waals surface area contributed by atoms with E-state index in [2.05, 4.69) is 4.37 Å². The highest BCUT2D eigenvalue weighted by atomic mass is 32.2. The summed E-state index contributed by atoms with van der Waals surface area (Å²) in [5.41, 5.74) is 0.268. The van der Waals surface area contributed by atoms with Gasteiger partial charge >= 0.3 is 5.97 Å². The molecule has 0 aliphatic carbocycles. The number of carboxylic acids is 1. The number of sulfone groups is 1. The summed E-state index contributed by atoms with van der Waals surface area (Å²) in [5.74, 6) is -1.38. The van der Waals surface area contributed by atoms with Gasteiger partial charge in [-0.05, 0) is 11.5 Å². The van der Waals surface area contributed by atoms with Crippen LogP contribution < -0.4 is 0 Å². The number of aromatic nitrogens is 1. The molecule has 1 heterocycles. The summed E-state index contributed by atoms with van der Waals surface area (Å²) >= 11 is 0.795. The molecular formula is C7H9NO4S2. The molecule has 0 fully saturated rings. The number of hydrogen-bond donors (Lipinski definition) is 1. The predicted octanol–water partition coefficient (Wildman–Crippen LogP) is 0.776. The highest BCUT2D eigenvalue weighted by molar-refractivity contribution is 7.90. The van der Waals surface area contributed by atoms with Gasteiger partial charge in [-0.2, -0.15) is 4.37 Å². The van der Waals surface area contributed by atoms with Crippen molar-refractivity contribution in [3.63, 3.8) is 0 Å². The van der Waals surface area contributed by atoms with Crippen LogP contribution in [-0.4, -0.2) is 29.6 Å². The van der Waals surface area contributed by atoms with Crippen LogP contribution in [-0.2, 0) is 15.6 Å². The van der Waals surface area contributed by atoms with Gasteiger partial charge in [-0.3, -0.25) is 0 Å². The first-order chi connectivity index (χ1) is 6.46. The van der Waals surface area contributed by atoms with E-state index in [1.54, 1.807) is 0 Å². The van der Waals surface area contributed by atoms with Crippen LogP contribution in [0.2, 0.25) is 0 Å². The zero-order valence-electron chi connectivity index (χ0n) is 7.43. The molecule has 0 atom stereocenters. The van der Waals surface area contributed by atoms with Crippen LogP contribution in [0.3, 0.4) is 0 Å². The number of rotatable bonds is 4. The Morgan fingerprint density at radius 1 is 1.64 bits per heavy atom. The van der Waals surface area contributed by atoms with E-state index in [9.17, 15) is 13.2 Å². The van der Waals surface area contributed by atoms with Gasteiger partial charge in [0.15, 0.2) is 9.84 Å². The first-order valence-electron chi connectivity index (χ1n) is 3.83. The summed E-state index contributed by atoms with van der Waals surface area (Å²) in [6.07, 6.45) is 1.29. The summed E-state index contributed by atoms with van der Waals surface area (Å²) in [5, 5.41) is 8.70. The molecular weight excluding hydrogens is 226 g/mol. The number of carbonyl (C=O) groups is 1. The van der Waals surface area contributed by atoms with Crippen molar-refractivity contribution < 1.29 is 18.3 Å². The number of hydrogen-bond acceptors (Lipinski definition) is 5. The van der Waals surface area contributed by atoms with E-state index in [1.807, 2.05) is 0 Å². The van der Waals surface area contributed by atoms with E-state index in [0.717, 1.165) is 11.5 Å². The van der Waals surface area contributed by atoms with Crippen LogP contribution >= 0.6 is 11.5 Å². The van der Waals surface area contributed by atoms with Crippen LogP contribution in [0.5, 0.6) is 0 Å². The van der Waals surface area contributed by atoms with Gasteiger partial charge in [-0.15, -0.1) is 0 Å². The second-order valence-electron chi connectivity index (χ2n) is 2.66. The molecule has 14 heavy (non-hydrogen) atoms. The number of nitrogens with zero attached hydrogens (tertiary/aromatic N) is 1. The van der Waals surface area contributed by atoms with Crippen molar-refractivity contribution in [1.82, 2.24) is 4.37 Å². The summed E-state index contributed by atoms with van der Waals surface area (Å²) in [7, 11) is -3.20. The third kappa shape index (κ3) is 2.52. The molecule has 1 N–H and O–H groups in total. The third-order valence-corrected chi connectivity index (χ3v) is 4.11. The van der Waals surface area contributed by atoms with Crippen LogP contribution in [0.15, 0.2) is 6.20 Å². The highest BCUT2D eigenvalue weighted by Gasteiger charge is 2.18. The molecule has 0 radical (unpaired) electrons. The second-order valence-corrected chi connectivity index (χ2v) is 5.82. The lowest BCUT2D eigenvalue weighted by Gasteiger charge is -1.98. The SMILES string of the molecule is CCS(=O)(=O)Cc1cnsc1C(=O)O. The van der Waals surface area contributed by atoms with Gasteiger partial charge in [0.05, 0.1) is 5.75 Å². The van der Waals surface area contributed by atoms with Crippen LogP contribution in [0.25, 0.3) is 0 Å². The van der Waals surface area contributed by atoms with Crippen molar-refractivity contribution in [1.29, 1.82) is 0 Å².